The van der Waals surface area contributed by atoms with Gasteiger partial charge >= 0.3 is 0 Å². The number of hydrogen-bond donors (Lipinski definition) is 1. The van der Waals surface area contributed by atoms with Gasteiger partial charge in [0.1, 0.15) is 0 Å². The van der Waals surface area contributed by atoms with Crippen molar-refractivity contribution >= 4 is 11.6 Å². The second-order valence-corrected chi connectivity index (χ2v) is 4.60. The predicted molar refractivity (Wildman–Crippen MR) is 78.2 cm³/mol. The minimum absolute atomic E-state index is 0.0193. The summed E-state index contributed by atoms with van der Waals surface area (Å²) in [7, 11) is 1.79. The summed E-state index contributed by atoms with van der Waals surface area (Å²) in [6, 6.07) is 15.3. The zero-order valence-corrected chi connectivity index (χ0v) is 11.3. The number of benzene rings is 2. The highest BCUT2D eigenvalue weighted by atomic mass is 16.2. The van der Waals surface area contributed by atoms with E-state index in [1.54, 1.807) is 11.9 Å². The lowest BCUT2D eigenvalue weighted by molar-refractivity contribution is 0.0993. The van der Waals surface area contributed by atoms with Crippen molar-refractivity contribution in [1.82, 2.24) is 0 Å². The molecule has 0 atom stereocenters. The quantitative estimate of drug-likeness (QED) is 0.915. The van der Waals surface area contributed by atoms with E-state index in [1.165, 1.54) is 0 Å². The van der Waals surface area contributed by atoms with Crippen LogP contribution < -0.4 is 10.6 Å². The molecule has 2 aromatic carbocycles. The van der Waals surface area contributed by atoms with Gasteiger partial charge in [-0.15, -0.1) is 0 Å². The van der Waals surface area contributed by atoms with Crippen LogP contribution in [0.15, 0.2) is 48.5 Å². The highest BCUT2D eigenvalue weighted by Gasteiger charge is 2.13. The first-order valence-electron chi connectivity index (χ1n) is 6.25. The average molecular weight is 254 g/mol. The third-order valence-electron chi connectivity index (χ3n) is 3.13. The van der Waals surface area contributed by atoms with Gasteiger partial charge in [0, 0.05) is 24.8 Å². The third kappa shape index (κ3) is 3.01. The van der Waals surface area contributed by atoms with E-state index in [9.17, 15) is 4.79 Å². The van der Waals surface area contributed by atoms with Crippen molar-refractivity contribution in [2.24, 2.45) is 5.73 Å². The fraction of sp³-hybridized carbons (Fsp3) is 0.188. The topological polar surface area (TPSA) is 46.3 Å². The van der Waals surface area contributed by atoms with Crippen LogP contribution >= 0.6 is 0 Å². The van der Waals surface area contributed by atoms with Gasteiger partial charge in [0.2, 0.25) is 0 Å². The zero-order valence-electron chi connectivity index (χ0n) is 11.3. The molecule has 0 radical (unpaired) electrons. The van der Waals surface area contributed by atoms with Gasteiger partial charge in [-0.3, -0.25) is 4.79 Å². The molecule has 19 heavy (non-hydrogen) atoms. The van der Waals surface area contributed by atoms with Crippen molar-refractivity contribution in [1.29, 1.82) is 0 Å². The highest BCUT2D eigenvalue weighted by molar-refractivity contribution is 6.05. The van der Waals surface area contributed by atoms with Gasteiger partial charge < -0.3 is 10.6 Å². The summed E-state index contributed by atoms with van der Waals surface area (Å²) in [5.41, 5.74) is 9.27. The second-order valence-electron chi connectivity index (χ2n) is 4.60. The maximum absolute atomic E-state index is 12.4. The molecular formula is C16H18N2O. The van der Waals surface area contributed by atoms with Crippen LogP contribution in [-0.4, -0.2) is 13.0 Å². The number of aryl methyl sites for hydroxylation is 1. The first-order chi connectivity index (χ1) is 9.11. The zero-order chi connectivity index (χ0) is 13.8. The Labute approximate surface area is 113 Å². The van der Waals surface area contributed by atoms with Crippen LogP contribution in [0.2, 0.25) is 0 Å². The second kappa shape index (κ2) is 5.67. The molecule has 0 fully saturated rings. The lowest BCUT2D eigenvalue weighted by atomic mass is 10.1. The largest absolute Gasteiger partial charge is 0.326 e. The van der Waals surface area contributed by atoms with Gasteiger partial charge in [0.15, 0.2) is 0 Å². The molecule has 0 unspecified atom stereocenters. The summed E-state index contributed by atoms with van der Waals surface area (Å²) in [4.78, 5) is 14.0. The summed E-state index contributed by atoms with van der Waals surface area (Å²) in [6.45, 7) is 2.50. The summed E-state index contributed by atoms with van der Waals surface area (Å²) in [6.07, 6.45) is 0. The van der Waals surface area contributed by atoms with E-state index in [0.717, 1.165) is 16.8 Å². The van der Waals surface area contributed by atoms with Crippen LogP contribution in [0, 0.1) is 6.92 Å². The van der Waals surface area contributed by atoms with Crippen molar-refractivity contribution < 1.29 is 4.79 Å². The molecule has 0 aliphatic rings. The number of nitrogens with zero attached hydrogens (tertiary/aromatic N) is 1. The summed E-state index contributed by atoms with van der Waals surface area (Å²) < 4.78 is 0. The van der Waals surface area contributed by atoms with Gasteiger partial charge in [-0.25, -0.2) is 0 Å². The summed E-state index contributed by atoms with van der Waals surface area (Å²) in [5.74, 6) is -0.0193. The molecule has 0 saturated carbocycles. The maximum Gasteiger partial charge on any atom is 0.258 e. The van der Waals surface area contributed by atoms with Gasteiger partial charge in [-0.2, -0.15) is 0 Å². The summed E-state index contributed by atoms with van der Waals surface area (Å²) in [5, 5.41) is 0. The van der Waals surface area contributed by atoms with E-state index in [-0.39, 0.29) is 5.91 Å². The molecule has 0 aliphatic carbocycles. The molecule has 2 rings (SSSR count). The van der Waals surface area contributed by atoms with Crippen molar-refractivity contribution in [3.8, 4) is 0 Å². The number of rotatable bonds is 3. The molecule has 0 spiro atoms. The smallest absolute Gasteiger partial charge is 0.258 e. The van der Waals surface area contributed by atoms with Crippen LogP contribution in [0.1, 0.15) is 21.5 Å². The molecule has 2 N–H and O–H groups in total. The Kier molecular flexibility index (Phi) is 3.97. The molecule has 98 valence electrons. The van der Waals surface area contributed by atoms with Crippen molar-refractivity contribution in [3.05, 3.63) is 65.2 Å². The number of nitrogens with two attached hydrogens (primary N) is 1. The standard InChI is InChI=1S/C16H18N2O/c1-12-4-3-5-15(10-12)18(2)16(19)14-8-6-13(11-17)7-9-14/h3-10H,11,17H2,1-2H3. The van der Waals surface area contributed by atoms with Gasteiger partial charge in [0.05, 0.1) is 0 Å². The van der Waals surface area contributed by atoms with Gasteiger partial charge in [-0.05, 0) is 42.3 Å². The molecule has 0 heterocycles. The average Bonchev–Trinajstić information content (AvgIpc) is 2.46. The molecule has 3 heteroatoms. The Balaban J connectivity index is 2.23. The van der Waals surface area contributed by atoms with Gasteiger partial charge in [-0.1, -0.05) is 24.3 Å². The highest BCUT2D eigenvalue weighted by Crippen LogP contribution is 2.17. The number of hydrogen-bond acceptors (Lipinski definition) is 2. The van der Waals surface area contributed by atoms with E-state index >= 15 is 0 Å². The first kappa shape index (κ1) is 13.3. The molecule has 0 aromatic heterocycles. The molecule has 2 aromatic rings. The Bertz CT molecular complexity index is 576. The molecule has 0 bridgehead atoms. The van der Waals surface area contributed by atoms with Gasteiger partial charge in [0.25, 0.3) is 5.91 Å². The third-order valence-corrected chi connectivity index (χ3v) is 3.13. The van der Waals surface area contributed by atoms with Crippen LogP contribution in [0.4, 0.5) is 5.69 Å². The summed E-state index contributed by atoms with van der Waals surface area (Å²) >= 11 is 0. The first-order valence-corrected chi connectivity index (χ1v) is 6.25. The van der Waals surface area contributed by atoms with Crippen molar-refractivity contribution in [2.75, 3.05) is 11.9 Å². The minimum Gasteiger partial charge on any atom is -0.326 e. The predicted octanol–water partition coefficient (Wildman–Crippen LogP) is 2.73. The Morgan fingerprint density at radius 3 is 2.42 bits per heavy atom. The van der Waals surface area contributed by atoms with Crippen LogP contribution in [0.3, 0.4) is 0 Å². The van der Waals surface area contributed by atoms with E-state index in [4.69, 9.17) is 5.73 Å². The monoisotopic (exact) mass is 254 g/mol. The Hall–Kier alpha value is -2.13. The molecular weight excluding hydrogens is 236 g/mol. The molecule has 1 amide bonds. The molecule has 0 saturated heterocycles. The lowest BCUT2D eigenvalue weighted by Crippen LogP contribution is -2.26. The number of anilines is 1. The van der Waals surface area contributed by atoms with Crippen LogP contribution in [0.25, 0.3) is 0 Å². The number of amides is 1. The van der Waals surface area contributed by atoms with Crippen LogP contribution in [-0.2, 0) is 6.54 Å². The Morgan fingerprint density at radius 1 is 1.16 bits per heavy atom. The lowest BCUT2D eigenvalue weighted by Gasteiger charge is -2.18. The maximum atomic E-state index is 12.4. The van der Waals surface area contributed by atoms with Crippen molar-refractivity contribution in [3.63, 3.8) is 0 Å². The Morgan fingerprint density at radius 2 is 1.84 bits per heavy atom. The van der Waals surface area contributed by atoms with E-state index in [1.807, 2.05) is 55.5 Å². The number of carbonyl (C=O) groups excluding carboxylic acids is 1. The van der Waals surface area contributed by atoms with Crippen molar-refractivity contribution in [2.45, 2.75) is 13.5 Å². The molecule has 0 aliphatic heterocycles. The number of carbonyl (C=O) groups is 1. The molecule has 3 nitrogen and oxygen atoms in total. The fourth-order valence-electron chi connectivity index (χ4n) is 1.93. The SMILES string of the molecule is Cc1cccc(N(C)C(=O)c2ccc(CN)cc2)c1. The minimum atomic E-state index is -0.0193. The normalized spacial score (nSPS) is 10.3. The van der Waals surface area contributed by atoms with E-state index in [2.05, 4.69) is 0 Å². The van der Waals surface area contributed by atoms with E-state index < -0.39 is 0 Å². The van der Waals surface area contributed by atoms with E-state index in [0.29, 0.717) is 12.1 Å². The fourth-order valence-corrected chi connectivity index (χ4v) is 1.93. The van der Waals surface area contributed by atoms with Crippen LogP contribution in [0.5, 0.6) is 0 Å².